The number of aromatic nitrogens is 1. The van der Waals surface area contributed by atoms with Gasteiger partial charge in [0.1, 0.15) is 6.61 Å². The molecule has 0 aliphatic heterocycles. The topological polar surface area (TPSA) is 42.1 Å². The van der Waals surface area contributed by atoms with Gasteiger partial charge in [0.15, 0.2) is 0 Å². The van der Waals surface area contributed by atoms with Crippen LogP contribution in [0.15, 0.2) is 30.5 Å². The molecule has 1 N–H and O–H groups in total. The number of H-pyrrole nitrogens is 1. The number of hydrogen-bond acceptors (Lipinski definition) is 2. The summed E-state index contributed by atoms with van der Waals surface area (Å²) in [5, 5.41) is 0.449. The van der Waals surface area contributed by atoms with E-state index in [4.69, 9.17) is 11.6 Å². The van der Waals surface area contributed by atoms with E-state index in [1.807, 2.05) is 0 Å². The van der Waals surface area contributed by atoms with E-state index in [0.717, 1.165) is 0 Å². The van der Waals surface area contributed by atoms with E-state index >= 15 is 0 Å². The minimum atomic E-state index is -4.54. The monoisotopic (exact) mass is 319 g/mol. The molecule has 7 heteroatoms. The number of rotatable bonds is 5. The van der Waals surface area contributed by atoms with Crippen LogP contribution in [0.2, 0.25) is 0 Å². The van der Waals surface area contributed by atoms with Crippen LogP contribution in [0.25, 0.3) is 10.9 Å². The highest BCUT2D eigenvalue weighted by atomic mass is 35.5. The van der Waals surface area contributed by atoms with Gasteiger partial charge in [-0.05, 0) is 11.6 Å². The van der Waals surface area contributed by atoms with Crippen molar-refractivity contribution in [1.29, 1.82) is 0 Å². The average molecular weight is 320 g/mol. The maximum absolute atomic E-state index is 13.2. The quantitative estimate of drug-likeness (QED) is 0.669. The van der Waals surface area contributed by atoms with E-state index in [9.17, 15) is 18.0 Å². The first kappa shape index (κ1) is 15.7. The van der Waals surface area contributed by atoms with Crippen LogP contribution < -0.4 is 0 Å². The zero-order valence-corrected chi connectivity index (χ0v) is 11.7. The van der Waals surface area contributed by atoms with Crippen molar-refractivity contribution >= 4 is 28.5 Å². The van der Waals surface area contributed by atoms with Gasteiger partial charge < -0.3 is 9.72 Å². The molecule has 0 fully saturated rings. The number of esters is 1. The highest BCUT2D eigenvalue weighted by molar-refractivity contribution is 6.18. The highest BCUT2D eigenvalue weighted by Gasteiger charge is 2.43. The number of nitrogens with one attached hydrogen (secondary N) is 1. The third-order valence-electron chi connectivity index (χ3n) is 3.10. The molecular weight excluding hydrogens is 307 g/mol. The van der Waals surface area contributed by atoms with Gasteiger partial charge in [-0.15, -0.1) is 11.6 Å². The number of halogens is 4. The van der Waals surface area contributed by atoms with Crippen molar-refractivity contribution in [3.63, 3.8) is 0 Å². The Labute approximate surface area is 124 Å². The van der Waals surface area contributed by atoms with E-state index < -0.39 is 24.5 Å². The van der Waals surface area contributed by atoms with Gasteiger partial charge in [0.25, 0.3) is 0 Å². The number of para-hydroxylation sites is 1. The summed E-state index contributed by atoms with van der Waals surface area (Å²) in [6.45, 7) is -0.0984. The van der Waals surface area contributed by atoms with Crippen molar-refractivity contribution in [2.45, 2.75) is 18.5 Å². The minimum Gasteiger partial charge on any atom is -0.464 e. The molecule has 1 atom stereocenters. The molecule has 0 aliphatic carbocycles. The molecule has 114 valence electrons. The van der Waals surface area contributed by atoms with Crippen LogP contribution in [0.5, 0.6) is 0 Å². The van der Waals surface area contributed by atoms with Gasteiger partial charge in [-0.1, -0.05) is 18.2 Å². The van der Waals surface area contributed by atoms with Crippen LogP contribution in [0.1, 0.15) is 17.9 Å². The van der Waals surface area contributed by atoms with Gasteiger partial charge in [-0.3, -0.25) is 4.79 Å². The van der Waals surface area contributed by atoms with Gasteiger partial charge in [0.05, 0.1) is 18.2 Å². The van der Waals surface area contributed by atoms with E-state index in [-0.39, 0.29) is 18.1 Å². The van der Waals surface area contributed by atoms with Crippen molar-refractivity contribution < 1.29 is 22.7 Å². The molecule has 0 aliphatic rings. The molecule has 0 saturated heterocycles. The Bertz CT molecular complexity index is 624. The molecule has 0 spiro atoms. The number of fused-ring (bicyclic) bond motifs is 1. The Morgan fingerprint density at radius 2 is 2.05 bits per heavy atom. The summed E-state index contributed by atoms with van der Waals surface area (Å²) in [5.74, 6) is -2.77. The molecule has 0 unspecified atom stereocenters. The van der Waals surface area contributed by atoms with Crippen LogP contribution in [-0.2, 0) is 9.53 Å². The molecule has 1 aromatic carbocycles. The summed E-state index contributed by atoms with van der Waals surface area (Å²) < 4.78 is 44.4. The van der Waals surface area contributed by atoms with Crippen molar-refractivity contribution in [3.05, 3.63) is 36.0 Å². The summed E-state index contributed by atoms with van der Waals surface area (Å²) in [6, 6.07) is 6.64. The number of ether oxygens (including phenoxy) is 1. The smallest absolute Gasteiger partial charge is 0.396 e. The van der Waals surface area contributed by atoms with Crippen LogP contribution in [0.3, 0.4) is 0 Å². The van der Waals surface area contributed by atoms with Crippen molar-refractivity contribution in [3.8, 4) is 0 Å². The first-order valence-electron chi connectivity index (χ1n) is 6.27. The molecule has 2 rings (SSSR count). The van der Waals surface area contributed by atoms with Gasteiger partial charge >= 0.3 is 12.1 Å². The molecule has 0 saturated carbocycles. The van der Waals surface area contributed by atoms with E-state index in [1.54, 1.807) is 24.3 Å². The molecule has 2 aromatic rings. The Hall–Kier alpha value is -1.69. The lowest BCUT2D eigenvalue weighted by Gasteiger charge is -2.19. The first-order chi connectivity index (χ1) is 9.93. The molecule has 1 aromatic heterocycles. The summed E-state index contributed by atoms with van der Waals surface area (Å²) in [5.41, 5.74) is 0.636. The Morgan fingerprint density at radius 3 is 2.71 bits per heavy atom. The molecule has 0 amide bonds. The van der Waals surface area contributed by atoms with Gasteiger partial charge in [0, 0.05) is 17.1 Å². The number of alkyl halides is 4. The van der Waals surface area contributed by atoms with Crippen molar-refractivity contribution in [1.82, 2.24) is 4.98 Å². The number of benzene rings is 1. The number of aromatic amines is 1. The third kappa shape index (κ3) is 3.69. The Balaban J connectivity index is 2.30. The van der Waals surface area contributed by atoms with E-state index in [0.29, 0.717) is 10.9 Å². The van der Waals surface area contributed by atoms with Crippen LogP contribution in [-0.4, -0.2) is 29.6 Å². The van der Waals surface area contributed by atoms with Gasteiger partial charge in [-0.2, -0.15) is 13.2 Å². The van der Waals surface area contributed by atoms with E-state index in [1.165, 1.54) is 6.20 Å². The molecule has 0 bridgehead atoms. The Kier molecular flexibility index (Phi) is 4.77. The predicted octanol–water partition coefficient (Wildman–Crippen LogP) is 3.99. The van der Waals surface area contributed by atoms with Crippen LogP contribution in [0, 0.1) is 0 Å². The second kappa shape index (κ2) is 6.39. The molecule has 1 heterocycles. The second-order valence-corrected chi connectivity index (χ2v) is 4.88. The molecule has 21 heavy (non-hydrogen) atoms. The SMILES string of the molecule is O=C(C[C@H](c1c[nH]c2ccccc12)C(F)(F)F)OCCCl. The van der Waals surface area contributed by atoms with Crippen LogP contribution >= 0.6 is 11.6 Å². The molecule has 3 nitrogen and oxygen atoms in total. The fourth-order valence-corrected chi connectivity index (χ4v) is 2.24. The normalized spacial score (nSPS) is 13.3. The maximum atomic E-state index is 13.2. The number of carbonyl (C=O) groups is 1. The lowest BCUT2D eigenvalue weighted by Crippen LogP contribution is -2.24. The lowest BCUT2D eigenvalue weighted by atomic mass is 9.94. The summed E-state index contributed by atoms with van der Waals surface area (Å²) in [7, 11) is 0. The number of carbonyl (C=O) groups excluding carboxylic acids is 1. The van der Waals surface area contributed by atoms with Crippen LogP contribution in [0.4, 0.5) is 13.2 Å². The van der Waals surface area contributed by atoms with Crippen molar-refractivity contribution in [2.75, 3.05) is 12.5 Å². The maximum Gasteiger partial charge on any atom is 0.396 e. The van der Waals surface area contributed by atoms with Crippen molar-refractivity contribution in [2.24, 2.45) is 0 Å². The summed E-state index contributed by atoms with van der Waals surface area (Å²) in [4.78, 5) is 14.3. The van der Waals surface area contributed by atoms with Gasteiger partial charge in [0.2, 0.25) is 0 Å². The molecule has 0 radical (unpaired) electrons. The minimum absolute atomic E-state index is 0.0425. The molecular formula is C14H13ClF3NO2. The van der Waals surface area contributed by atoms with Gasteiger partial charge in [-0.25, -0.2) is 0 Å². The third-order valence-corrected chi connectivity index (χ3v) is 3.26. The predicted molar refractivity (Wildman–Crippen MR) is 73.4 cm³/mol. The summed E-state index contributed by atoms with van der Waals surface area (Å²) in [6.07, 6.45) is -4.01. The fraction of sp³-hybridized carbons (Fsp3) is 0.357. The average Bonchev–Trinajstić information content (AvgIpc) is 2.85. The standard InChI is InChI=1S/C14H13ClF3NO2/c15-5-6-21-13(20)7-11(14(16,17)18)10-8-19-12-4-2-1-3-9(10)12/h1-4,8,11,19H,5-7H2/t11-/m1/s1. The fourth-order valence-electron chi connectivity index (χ4n) is 2.16. The zero-order chi connectivity index (χ0) is 15.5. The highest BCUT2D eigenvalue weighted by Crippen LogP contribution is 2.40. The largest absolute Gasteiger partial charge is 0.464 e. The first-order valence-corrected chi connectivity index (χ1v) is 6.81. The zero-order valence-electron chi connectivity index (χ0n) is 10.9. The lowest BCUT2D eigenvalue weighted by molar-refractivity contribution is -0.165. The number of hydrogen-bond donors (Lipinski definition) is 1. The second-order valence-electron chi connectivity index (χ2n) is 4.50. The summed E-state index contributed by atoms with van der Waals surface area (Å²) >= 11 is 5.35. The van der Waals surface area contributed by atoms with E-state index in [2.05, 4.69) is 9.72 Å². The Morgan fingerprint density at radius 1 is 1.33 bits per heavy atom.